The third-order valence-electron chi connectivity index (χ3n) is 3.11. The van der Waals surface area contributed by atoms with Gasteiger partial charge in [0.05, 0.1) is 6.04 Å². The zero-order valence-electron chi connectivity index (χ0n) is 11.4. The average Bonchev–Trinajstić information content (AvgIpc) is 2.45. The van der Waals surface area contributed by atoms with Gasteiger partial charge < -0.3 is 11.1 Å². The molecule has 0 heterocycles. The van der Waals surface area contributed by atoms with Crippen LogP contribution in [-0.4, -0.2) is 12.8 Å². The highest BCUT2D eigenvalue weighted by atomic mass is 32.2. The summed E-state index contributed by atoms with van der Waals surface area (Å²) in [5.74, 6) is 0. The van der Waals surface area contributed by atoms with Crippen LogP contribution < -0.4 is 11.1 Å². The minimum Gasteiger partial charge on any atom is -0.377 e. The van der Waals surface area contributed by atoms with E-state index in [0.29, 0.717) is 6.54 Å². The first-order valence-corrected chi connectivity index (χ1v) is 7.62. The molecule has 2 aromatic carbocycles. The van der Waals surface area contributed by atoms with Gasteiger partial charge in [0.2, 0.25) is 0 Å². The predicted octanol–water partition coefficient (Wildman–Crippen LogP) is 3.83. The molecule has 0 aliphatic rings. The van der Waals surface area contributed by atoms with Crippen molar-refractivity contribution >= 4 is 17.4 Å². The van der Waals surface area contributed by atoms with Crippen LogP contribution in [0.15, 0.2) is 53.4 Å². The molecule has 2 aromatic rings. The molecule has 0 aliphatic carbocycles. The Kier molecular flexibility index (Phi) is 4.88. The Hall–Kier alpha value is -1.45. The molecule has 1 atom stereocenters. The fraction of sp³-hybridized carbons (Fsp3) is 0.250. The lowest BCUT2D eigenvalue weighted by Crippen LogP contribution is -2.20. The molecular formula is C16H20N2S. The van der Waals surface area contributed by atoms with E-state index in [1.54, 1.807) is 11.8 Å². The topological polar surface area (TPSA) is 38.0 Å². The number of rotatable bonds is 5. The Labute approximate surface area is 119 Å². The number of nitrogens with one attached hydrogen (secondary N) is 1. The third-order valence-corrected chi connectivity index (χ3v) is 3.86. The van der Waals surface area contributed by atoms with Gasteiger partial charge in [0.15, 0.2) is 0 Å². The summed E-state index contributed by atoms with van der Waals surface area (Å²) in [6.07, 6.45) is 2.08. The van der Waals surface area contributed by atoms with E-state index >= 15 is 0 Å². The first-order valence-electron chi connectivity index (χ1n) is 6.40. The van der Waals surface area contributed by atoms with Gasteiger partial charge in [-0.25, -0.2) is 0 Å². The van der Waals surface area contributed by atoms with E-state index in [-0.39, 0.29) is 6.04 Å². The summed E-state index contributed by atoms with van der Waals surface area (Å²) in [6, 6.07) is 17.1. The first-order chi connectivity index (χ1) is 9.22. The average molecular weight is 272 g/mol. The number of benzene rings is 2. The highest BCUT2D eigenvalue weighted by molar-refractivity contribution is 7.98. The summed E-state index contributed by atoms with van der Waals surface area (Å²) in [4.78, 5) is 1.27. The lowest BCUT2D eigenvalue weighted by Gasteiger charge is -2.19. The van der Waals surface area contributed by atoms with Gasteiger partial charge in [-0.15, -0.1) is 11.8 Å². The fourth-order valence-electron chi connectivity index (χ4n) is 2.05. The van der Waals surface area contributed by atoms with E-state index in [1.165, 1.54) is 16.0 Å². The van der Waals surface area contributed by atoms with E-state index in [9.17, 15) is 0 Å². The van der Waals surface area contributed by atoms with Crippen LogP contribution in [-0.2, 0) is 0 Å². The van der Waals surface area contributed by atoms with Crippen LogP contribution in [0.3, 0.4) is 0 Å². The molecule has 0 bridgehead atoms. The summed E-state index contributed by atoms with van der Waals surface area (Å²) in [6.45, 7) is 2.67. The standard InChI is InChI=1S/C16H20N2S/c1-12-4-3-5-14(10-12)18-16(11-17)13-6-8-15(19-2)9-7-13/h3-10,16,18H,11,17H2,1-2H3. The van der Waals surface area contributed by atoms with Crippen LogP contribution in [0.25, 0.3) is 0 Å². The quantitative estimate of drug-likeness (QED) is 0.812. The summed E-state index contributed by atoms with van der Waals surface area (Å²) in [7, 11) is 0. The molecule has 0 saturated heterocycles. The minimum absolute atomic E-state index is 0.151. The molecule has 1 unspecified atom stereocenters. The van der Waals surface area contributed by atoms with Crippen LogP contribution in [0.4, 0.5) is 5.69 Å². The second kappa shape index (κ2) is 6.64. The van der Waals surface area contributed by atoms with E-state index in [2.05, 4.69) is 67.0 Å². The molecule has 0 radical (unpaired) electrons. The predicted molar refractivity (Wildman–Crippen MR) is 84.8 cm³/mol. The maximum Gasteiger partial charge on any atom is 0.0636 e. The Morgan fingerprint density at radius 2 is 1.89 bits per heavy atom. The highest BCUT2D eigenvalue weighted by Crippen LogP contribution is 2.22. The van der Waals surface area contributed by atoms with Gasteiger partial charge >= 0.3 is 0 Å². The van der Waals surface area contributed by atoms with E-state index in [1.807, 2.05) is 0 Å². The Balaban J connectivity index is 2.15. The largest absolute Gasteiger partial charge is 0.377 e. The van der Waals surface area contributed by atoms with Crippen LogP contribution in [0, 0.1) is 6.92 Å². The number of nitrogens with two attached hydrogens (primary N) is 1. The molecule has 2 nitrogen and oxygen atoms in total. The fourth-order valence-corrected chi connectivity index (χ4v) is 2.46. The molecule has 3 heteroatoms. The second-order valence-corrected chi connectivity index (χ2v) is 5.45. The maximum atomic E-state index is 5.89. The molecule has 0 spiro atoms. The monoisotopic (exact) mass is 272 g/mol. The van der Waals surface area contributed by atoms with E-state index < -0.39 is 0 Å². The Morgan fingerprint density at radius 3 is 2.47 bits per heavy atom. The number of anilines is 1. The molecule has 0 fully saturated rings. The lowest BCUT2D eigenvalue weighted by atomic mass is 10.1. The van der Waals surface area contributed by atoms with Gasteiger partial charge in [-0.3, -0.25) is 0 Å². The normalized spacial score (nSPS) is 12.2. The third kappa shape index (κ3) is 3.75. The molecule has 3 N–H and O–H groups in total. The van der Waals surface area contributed by atoms with Crippen LogP contribution >= 0.6 is 11.8 Å². The summed E-state index contributed by atoms with van der Waals surface area (Å²) in [5.41, 5.74) is 9.48. The molecule has 0 aromatic heterocycles. The smallest absolute Gasteiger partial charge is 0.0636 e. The van der Waals surface area contributed by atoms with Crippen LogP contribution in [0.2, 0.25) is 0 Å². The molecule has 2 rings (SSSR count). The van der Waals surface area contributed by atoms with Crippen LogP contribution in [0.1, 0.15) is 17.2 Å². The van der Waals surface area contributed by atoms with Crippen molar-refractivity contribution in [1.29, 1.82) is 0 Å². The number of thioether (sulfide) groups is 1. The number of hydrogen-bond acceptors (Lipinski definition) is 3. The lowest BCUT2D eigenvalue weighted by molar-refractivity contribution is 0.789. The molecule has 0 saturated carbocycles. The first kappa shape index (κ1) is 14.0. The Morgan fingerprint density at radius 1 is 1.16 bits per heavy atom. The summed E-state index contributed by atoms with van der Waals surface area (Å²) >= 11 is 1.75. The van der Waals surface area contributed by atoms with Crippen molar-refractivity contribution < 1.29 is 0 Å². The van der Waals surface area contributed by atoms with Crippen molar-refractivity contribution in [3.05, 3.63) is 59.7 Å². The van der Waals surface area contributed by atoms with E-state index in [0.717, 1.165) is 5.69 Å². The number of aryl methyl sites for hydroxylation is 1. The second-order valence-electron chi connectivity index (χ2n) is 4.58. The van der Waals surface area contributed by atoms with Crippen molar-refractivity contribution in [1.82, 2.24) is 0 Å². The van der Waals surface area contributed by atoms with Gasteiger partial charge in [-0.2, -0.15) is 0 Å². The van der Waals surface area contributed by atoms with Crippen LogP contribution in [0.5, 0.6) is 0 Å². The van der Waals surface area contributed by atoms with Crippen molar-refractivity contribution in [2.45, 2.75) is 17.9 Å². The van der Waals surface area contributed by atoms with Gasteiger partial charge in [-0.1, -0.05) is 24.3 Å². The molecule has 0 amide bonds. The van der Waals surface area contributed by atoms with Gasteiger partial charge in [-0.05, 0) is 48.6 Å². The minimum atomic E-state index is 0.151. The zero-order chi connectivity index (χ0) is 13.7. The molecule has 19 heavy (non-hydrogen) atoms. The molecule has 0 aliphatic heterocycles. The van der Waals surface area contributed by atoms with Crippen molar-refractivity contribution in [2.75, 3.05) is 18.1 Å². The Bertz CT molecular complexity index is 523. The molecular weight excluding hydrogens is 252 g/mol. The van der Waals surface area contributed by atoms with E-state index in [4.69, 9.17) is 5.73 Å². The number of hydrogen-bond donors (Lipinski definition) is 2. The molecule has 100 valence electrons. The maximum absolute atomic E-state index is 5.89. The van der Waals surface area contributed by atoms with Gasteiger partial charge in [0, 0.05) is 17.1 Å². The SMILES string of the molecule is CSc1ccc(C(CN)Nc2cccc(C)c2)cc1. The van der Waals surface area contributed by atoms with Crippen molar-refractivity contribution in [3.63, 3.8) is 0 Å². The zero-order valence-corrected chi connectivity index (χ0v) is 12.2. The van der Waals surface area contributed by atoms with Crippen molar-refractivity contribution in [3.8, 4) is 0 Å². The van der Waals surface area contributed by atoms with Gasteiger partial charge in [0.25, 0.3) is 0 Å². The summed E-state index contributed by atoms with van der Waals surface area (Å²) in [5, 5.41) is 3.49. The highest BCUT2D eigenvalue weighted by Gasteiger charge is 2.09. The van der Waals surface area contributed by atoms with Gasteiger partial charge in [0.1, 0.15) is 0 Å². The van der Waals surface area contributed by atoms with Crippen molar-refractivity contribution in [2.24, 2.45) is 5.73 Å². The summed E-state index contributed by atoms with van der Waals surface area (Å²) < 4.78 is 0.